The van der Waals surface area contributed by atoms with E-state index in [1.807, 2.05) is 18.2 Å². The van der Waals surface area contributed by atoms with Gasteiger partial charge in [-0.2, -0.15) is 0 Å². The second kappa shape index (κ2) is 18.1. The van der Waals surface area contributed by atoms with Gasteiger partial charge in [-0.15, -0.1) is 0 Å². The lowest BCUT2D eigenvalue weighted by molar-refractivity contribution is 0.283. The van der Waals surface area contributed by atoms with Gasteiger partial charge < -0.3 is 19.1 Å². The second-order valence-electron chi connectivity index (χ2n) is 10.1. The van der Waals surface area contributed by atoms with Crippen LogP contribution in [0.4, 0.5) is 0 Å². The minimum atomic E-state index is -0.236. The third kappa shape index (κ3) is 10.1. The van der Waals surface area contributed by atoms with Gasteiger partial charge >= 0.3 is 0 Å². The SMILES string of the molecule is CCCCCCCCOc1c(O)c2ccc(OCCCCCC)cc2n(CCCCCCCC)c1=O. The summed E-state index contributed by atoms with van der Waals surface area (Å²) < 4.78 is 13.7. The number of benzene rings is 1. The Bertz CT molecular complexity index is 921. The molecule has 0 aliphatic carbocycles. The lowest BCUT2D eigenvalue weighted by Gasteiger charge is -2.17. The summed E-state index contributed by atoms with van der Waals surface area (Å²) in [6.07, 6.45) is 18.4. The molecule has 1 N–H and O–H groups in total. The van der Waals surface area contributed by atoms with Crippen molar-refractivity contribution in [2.45, 2.75) is 130 Å². The third-order valence-electron chi connectivity index (χ3n) is 6.92. The van der Waals surface area contributed by atoms with Gasteiger partial charge in [0.1, 0.15) is 5.75 Å². The molecule has 0 fully saturated rings. The van der Waals surface area contributed by atoms with Crippen LogP contribution in [-0.4, -0.2) is 22.9 Å². The van der Waals surface area contributed by atoms with Crippen molar-refractivity contribution in [2.75, 3.05) is 13.2 Å². The first-order valence-electron chi connectivity index (χ1n) is 14.8. The van der Waals surface area contributed by atoms with Crippen LogP contribution in [-0.2, 0) is 6.54 Å². The van der Waals surface area contributed by atoms with Crippen LogP contribution in [0.25, 0.3) is 10.9 Å². The van der Waals surface area contributed by atoms with Gasteiger partial charge in [0.2, 0.25) is 5.75 Å². The average Bonchev–Trinajstić information content (AvgIpc) is 2.88. The van der Waals surface area contributed by atoms with Crippen LogP contribution in [0.5, 0.6) is 17.2 Å². The number of rotatable bonds is 21. The fraction of sp³-hybridized carbons (Fsp3) is 0.710. The Balaban J connectivity index is 2.17. The van der Waals surface area contributed by atoms with E-state index in [0.29, 0.717) is 25.1 Å². The second-order valence-corrected chi connectivity index (χ2v) is 10.1. The zero-order chi connectivity index (χ0) is 26.0. The van der Waals surface area contributed by atoms with Crippen LogP contribution >= 0.6 is 0 Å². The molecule has 2 aromatic rings. The van der Waals surface area contributed by atoms with Gasteiger partial charge in [0, 0.05) is 18.0 Å². The number of aromatic nitrogens is 1. The molecule has 0 saturated heterocycles. The molecule has 0 amide bonds. The van der Waals surface area contributed by atoms with Gasteiger partial charge in [-0.1, -0.05) is 104 Å². The number of ether oxygens (including phenoxy) is 2. The highest BCUT2D eigenvalue weighted by molar-refractivity contribution is 5.88. The molecule has 0 saturated carbocycles. The molecule has 0 aliphatic heterocycles. The Kier molecular flexibility index (Phi) is 15.1. The number of nitrogens with zero attached hydrogens (tertiary/aromatic N) is 1. The highest BCUT2D eigenvalue weighted by Gasteiger charge is 2.18. The lowest BCUT2D eigenvalue weighted by Crippen LogP contribution is -2.23. The van der Waals surface area contributed by atoms with E-state index in [0.717, 1.165) is 49.8 Å². The summed E-state index contributed by atoms with van der Waals surface area (Å²) in [5.41, 5.74) is 0.490. The summed E-state index contributed by atoms with van der Waals surface area (Å²) in [5, 5.41) is 11.6. The smallest absolute Gasteiger partial charge is 0.297 e. The summed E-state index contributed by atoms with van der Waals surface area (Å²) in [4.78, 5) is 13.5. The first-order valence-corrected chi connectivity index (χ1v) is 14.8. The van der Waals surface area contributed by atoms with Crippen molar-refractivity contribution < 1.29 is 14.6 Å². The summed E-state index contributed by atoms with van der Waals surface area (Å²) in [5.74, 6) is 0.792. The Hall–Kier alpha value is -2.17. The normalized spacial score (nSPS) is 11.3. The van der Waals surface area contributed by atoms with Crippen LogP contribution in [0.3, 0.4) is 0 Å². The number of unbranched alkanes of at least 4 members (excludes halogenated alkanes) is 13. The molecular weight excluding hydrogens is 450 g/mol. The van der Waals surface area contributed by atoms with E-state index in [1.165, 1.54) is 64.2 Å². The topological polar surface area (TPSA) is 60.7 Å². The highest BCUT2D eigenvalue weighted by Crippen LogP contribution is 2.34. The van der Waals surface area contributed by atoms with E-state index in [-0.39, 0.29) is 17.1 Å². The van der Waals surface area contributed by atoms with E-state index in [2.05, 4.69) is 20.8 Å². The zero-order valence-electron chi connectivity index (χ0n) is 23.3. The molecular formula is C31H51NO4. The average molecular weight is 502 g/mol. The van der Waals surface area contributed by atoms with Gasteiger partial charge in [-0.3, -0.25) is 4.79 Å². The first-order chi connectivity index (χ1) is 17.6. The molecule has 0 spiro atoms. The molecule has 0 unspecified atom stereocenters. The van der Waals surface area contributed by atoms with Crippen LogP contribution in [0, 0.1) is 0 Å². The molecule has 1 heterocycles. The van der Waals surface area contributed by atoms with Crippen LogP contribution < -0.4 is 15.0 Å². The van der Waals surface area contributed by atoms with E-state index < -0.39 is 0 Å². The molecule has 0 aliphatic rings. The van der Waals surface area contributed by atoms with E-state index in [9.17, 15) is 9.90 Å². The molecule has 204 valence electrons. The third-order valence-corrected chi connectivity index (χ3v) is 6.92. The zero-order valence-corrected chi connectivity index (χ0v) is 23.3. The maximum Gasteiger partial charge on any atom is 0.297 e. The van der Waals surface area contributed by atoms with Crippen LogP contribution in [0.15, 0.2) is 23.0 Å². The number of aryl methyl sites for hydroxylation is 1. The summed E-state index contributed by atoms with van der Waals surface area (Å²) in [6, 6.07) is 5.66. The van der Waals surface area contributed by atoms with Crippen LogP contribution in [0.2, 0.25) is 0 Å². The minimum Gasteiger partial charge on any atom is -0.504 e. The molecule has 1 aromatic carbocycles. The predicted molar refractivity (Wildman–Crippen MR) is 152 cm³/mol. The van der Waals surface area contributed by atoms with Crippen molar-refractivity contribution in [2.24, 2.45) is 0 Å². The van der Waals surface area contributed by atoms with Crippen molar-refractivity contribution in [1.29, 1.82) is 0 Å². The Morgan fingerprint density at radius 3 is 1.86 bits per heavy atom. The summed E-state index contributed by atoms with van der Waals surface area (Å²) in [7, 11) is 0. The number of hydrogen-bond donors (Lipinski definition) is 1. The van der Waals surface area contributed by atoms with Crippen molar-refractivity contribution in [1.82, 2.24) is 4.57 Å². The first kappa shape index (κ1) is 30.1. The van der Waals surface area contributed by atoms with Crippen molar-refractivity contribution in [3.63, 3.8) is 0 Å². The van der Waals surface area contributed by atoms with Gasteiger partial charge in [-0.05, 0) is 31.4 Å². The minimum absolute atomic E-state index is 0.0466. The molecule has 2 rings (SSSR count). The van der Waals surface area contributed by atoms with Gasteiger partial charge in [0.05, 0.1) is 18.7 Å². The van der Waals surface area contributed by atoms with Crippen molar-refractivity contribution in [3.8, 4) is 17.2 Å². The maximum absolute atomic E-state index is 13.5. The lowest BCUT2D eigenvalue weighted by atomic mass is 10.1. The van der Waals surface area contributed by atoms with Crippen molar-refractivity contribution >= 4 is 10.9 Å². The largest absolute Gasteiger partial charge is 0.504 e. The fourth-order valence-electron chi connectivity index (χ4n) is 4.66. The molecule has 5 nitrogen and oxygen atoms in total. The molecule has 1 aromatic heterocycles. The molecule has 0 radical (unpaired) electrons. The highest BCUT2D eigenvalue weighted by atomic mass is 16.5. The standard InChI is InChI=1S/C31H51NO4/c1-4-7-10-13-15-17-22-32-28-25-26(35-23-18-12-9-6-3)20-21-27(28)29(33)30(31(32)34)36-24-19-16-14-11-8-5-2/h20-21,25,33H,4-19,22-24H2,1-3H3. The predicted octanol–water partition coefficient (Wildman–Crippen LogP) is 8.77. The van der Waals surface area contributed by atoms with Gasteiger partial charge in [-0.25, -0.2) is 0 Å². The summed E-state index contributed by atoms with van der Waals surface area (Å²) in [6.45, 7) is 8.37. The molecule has 0 atom stereocenters. The molecule has 5 heteroatoms. The fourth-order valence-corrected chi connectivity index (χ4v) is 4.66. The van der Waals surface area contributed by atoms with E-state index in [4.69, 9.17) is 9.47 Å². The van der Waals surface area contributed by atoms with Gasteiger partial charge in [0.25, 0.3) is 5.56 Å². The quantitative estimate of drug-likeness (QED) is 0.174. The van der Waals surface area contributed by atoms with E-state index in [1.54, 1.807) is 4.57 Å². The maximum atomic E-state index is 13.5. The molecule has 0 bridgehead atoms. The Morgan fingerprint density at radius 2 is 1.22 bits per heavy atom. The van der Waals surface area contributed by atoms with Crippen LogP contribution in [0.1, 0.15) is 124 Å². The number of fused-ring (bicyclic) bond motifs is 1. The van der Waals surface area contributed by atoms with Gasteiger partial charge in [0.15, 0.2) is 5.75 Å². The summed E-state index contributed by atoms with van der Waals surface area (Å²) >= 11 is 0. The number of hydrogen-bond acceptors (Lipinski definition) is 4. The van der Waals surface area contributed by atoms with E-state index >= 15 is 0 Å². The molecule has 36 heavy (non-hydrogen) atoms. The number of aromatic hydroxyl groups is 1. The Morgan fingerprint density at radius 1 is 0.694 bits per heavy atom. The van der Waals surface area contributed by atoms with Crippen molar-refractivity contribution in [3.05, 3.63) is 28.6 Å². The number of pyridine rings is 1. The monoisotopic (exact) mass is 501 g/mol. The Labute approximate surface area is 219 Å².